The maximum Gasteiger partial charge on any atom is 0.317 e. The summed E-state index contributed by atoms with van der Waals surface area (Å²) in [6.45, 7) is 2.82. The van der Waals surface area contributed by atoms with Gasteiger partial charge in [-0.2, -0.15) is 0 Å². The molecule has 0 radical (unpaired) electrons. The molecule has 16 heavy (non-hydrogen) atoms. The Bertz CT molecular complexity index is 368. The van der Waals surface area contributed by atoms with E-state index in [4.69, 9.17) is 16.7 Å². The van der Waals surface area contributed by atoms with Crippen molar-refractivity contribution in [1.29, 1.82) is 0 Å². The van der Waals surface area contributed by atoms with E-state index in [1.807, 2.05) is 24.3 Å². The topological polar surface area (TPSA) is 40.5 Å². The molecular formula is C12H16ClNO2. The Kier molecular flexibility index (Phi) is 4.77. The number of hydrogen-bond acceptors (Lipinski definition) is 2. The standard InChI is InChI=1S/C12H16ClNO2/c1-9(7-14(2)8-12(15)16)10-4-3-5-11(13)6-10/h3-6,9H,7-8H2,1-2H3,(H,15,16). The van der Waals surface area contributed by atoms with Gasteiger partial charge in [0.1, 0.15) is 0 Å². The van der Waals surface area contributed by atoms with Crippen LogP contribution in [-0.2, 0) is 4.79 Å². The third-order valence-corrected chi connectivity index (χ3v) is 2.64. The van der Waals surface area contributed by atoms with Crippen LogP contribution < -0.4 is 0 Å². The summed E-state index contributed by atoms with van der Waals surface area (Å²) in [5, 5.41) is 9.36. The van der Waals surface area contributed by atoms with E-state index in [-0.39, 0.29) is 12.5 Å². The van der Waals surface area contributed by atoms with E-state index in [0.717, 1.165) is 5.56 Å². The van der Waals surface area contributed by atoms with E-state index in [9.17, 15) is 4.79 Å². The van der Waals surface area contributed by atoms with Gasteiger partial charge in [-0.3, -0.25) is 9.69 Å². The number of benzene rings is 1. The quantitative estimate of drug-likeness (QED) is 0.861. The van der Waals surface area contributed by atoms with Crippen molar-refractivity contribution in [2.24, 2.45) is 0 Å². The number of hydrogen-bond donors (Lipinski definition) is 1. The Morgan fingerprint density at radius 3 is 2.81 bits per heavy atom. The van der Waals surface area contributed by atoms with Crippen molar-refractivity contribution in [3.63, 3.8) is 0 Å². The number of carbonyl (C=O) groups is 1. The first-order valence-electron chi connectivity index (χ1n) is 5.15. The van der Waals surface area contributed by atoms with Gasteiger partial charge in [0, 0.05) is 11.6 Å². The van der Waals surface area contributed by atoms with Crippen LogP contribution in [0.3, 0.4) is 0 Å². The maximum absolute atomic E-state index is 10.5. The zero-order valence-corrected chi connectivity index (χ0v) is 10.2. The van der Waals surface area contributed by atoms with Gasteiger partial charge in [0.2, 0.25) is 0 Å². The number of likely N-dealkylation sites (N-methyl/N-ethyl adjacent to an activating group) is 1. The van der Waals surface area contributed by atoms with Gasteiger partial charge in [-0.1, -0.05) is 30.7 Å². The van der Waals surface area contributed by atoms with Crippen LogP contribution in [0.25, 0.3) is 0 Å². The van der Waals surface area contributed by atoms with Crippen molar-refractivity contribution in [2.45, 2.75) is 12.8 Å². The Hall–Kier alpha value is -1.06. The molecule has 0 aliphatic heterocycles. The Labute approximate surface area is 101 Å². The fourth-order valence-electron chi connectivity index (χ4n) is 1.68. The van der Waals surface area contributed by atoms with Crippen molar-refractivity contribution >= 4 is 17.6 Å². The molecule has 0 aliphatic rings. The van der Waals surface area contributed by atoms with Gasteiger partial charge in [-0.15, -0.1) is 0 Å². The lowest BCUT2D eigenvalue weighted by Crippen LogP contribution is -2.29. The summed E-state index contributed by atoms with van der Waals surface area (Å²) in [6, 6.07) is 7.66. The van der Waals surface area contributed by atoms with Crippen LogP contribution in [0.1, 0.15) is 18.4 Å². The largest absolute Gasteiger partial charge is 0.480 e. The van der Waals surface area contributed by atoms with Crippen LogP contribution in [0, 0.1) is 0 Å². The second-order valence-electron chi connectivity index (χ2n) is 4.05. The number of nitrogens with zero attached hydrogens (tertiary/aromatic N) is 1. The lowest BCUT2D eigenvalue weighted by molar-refractivity contribution is -0.138. The molecule has 3 nitrogen and oxygen atoms in total. The SMILES string of the molecule is CC(CN(C)CC(=O)O)c1cccc(Cl)c1. The van der Waals surface area contributed by atoms with Crippen LogP contribution in [-0.4, -0.2) is 36.1 Å². The summed E-state index contributed by atoms with van der Waals surface area (Å²) >= 11 is 5.90. The summed E-state index contributed by atoms with van der Waals surface area (Å²) in [4.78, 5) is 12.3. The van der Waals surface area contributed by atoms with Crippen molar-refractivity contribution in [3.8, 4) is 0 Å². The highest BCUT2D eigenvalue weighted by Crippen LogP contribution is 2.19. The van der Waals surface area contributed by atoms with Crippen molar-refractivity contribution in [1.82, 2.24) is 4.90 Å². The second kappa shape index (κ2) is 5.87. The minimum atomic E-state index is -0.805. The highest BCUT2D eigenvalue weighted by molar-refractivity contribution is 6.30. The van der Waals surface area contributed by atoms with Crippen LogP contribution >= 0.6 is 11.6 Å². The first-order valence-corrected chi connectivity index (χ1v) is 5.52. The van der Waals surface area contributed by atoms with Crippen molar-refractivity contribution < 1.29 is 9.90 Å². The molecular weight excluding hydrogens is 226 g/mol. The lowest BCUT2D eigenvalue weighted by atomic mass is 10.0. The molecule has 1 rings (SSSR count). The van der Waals surface area contributed by atoms with E-state index >= 15 is 0 Å². The number of carboxylic acid groups (broad SMARTS) is 1. The minimum absolute atomic E-state index is 0.0604. The van der Waals surface area contributed by atoms with Gasteiger partial charge in [0.15, 0.2) is 0 Å². The average Bonchev–Trinajstić information content (AvgIpc) is 2.16. The van der Waals surface area contributed by atoms with Gasteiger partial charge in [-0.25, -0.2) is 0 Å². The smallest absolute Gasteiger partial charge is 0.317 e. The van der Waals surface area contributed by atoms with Gasteiger partial charge in [-0.05, 0) is 30.7 Å². The molecule has 0 saturated heterocycles. The van der Waals surface area contributed by atoms with Crippen LogP contribution in [0.5, 0.6) is 0 Å². The molecule has 1 aromatic rings. The van der Waals surface area contributed by atoms with Gasteiger partial charge < -0.3 is 5.11 Å². The molecule has 0 spiro atoms. The third kappa shape index (κ3) is 4.21. The monoisotopic (exact) mass is 241 g/mol. The van der Waals surface area contributed by atoms with Gasteiger partial charge >= 0.3 is 5.97 Å². The third-order valence-electron chi connectivity index (χ3n) is 2.41. The van der Waals surface area contributed by atoms with Crippen LogP contribution in [0.15, 0.2) is 24.3 Å². The van der Waals surface area contributed by atoms with E-state index in [1.165, 1.54) is 0 Å². The molecule has 0 bridgehead atoms. The molecule has 0 aromatic heterocycles. The predicted octanol–water partition coefficient (Wildman–Crippen LogP) is 2.46. The second-order valence-corrected chi connectivity index (χ2v) is 4.48. The maximum atomic E-state index is 10.5. The molecule has 0 saturated carbocycles. The Morgan fingerprint density at radius 1 is 1.56 bits per heavy atom. The lowest BCUT2D eigenvalue weighted by Gasteiger charge is -2.19. The molecule has 0 fully saturated rings. The summed E-state index contributed by atoms with van der Waals surface area (Å²) in [5.74, 6) is -0.538. The molecule has 0 aliphatic carbocycles. The Balaban J connectivity index is 2.58. The van der Waals surface area contributed by atoms with Gasteiger partial charge in [0.25, 0.3) is 0 Å². The Morgan fingerprint density at radius 2 is 2.25 bits per heavy atom. The first kappa shape index (κ1) is 13.0. The molecule has 0 amide bonds. The minimum Gasteiger partial charge on any atom is -0.480 e. The average molecular weight is 242 g/mol. The van der Waals surface area contributed by atoms with E-state index in [0.29, 0.717) is 11.6 Å². The fraction of sp³-hybridized carbons (Fsp3) is 0.417. The molecule has 1 unspecified atom stereocenters. The summed E-state index contributed by atoms with van der Waals surface area (Å²) in [7, 11) is 1.80. The molecule has 88 valence electrons. The highest BCUT2D eigenvalue weighted by atomic mass is 35.5. The van der Waals surface area contributed by atoms with Crippen LogP contribution in [0.4, 0.5) is 0 Å². The molecule has 1 atom stereocenters. The number of rotatable bonds is 5. The predicted molar refractivity (Wildman–Crippen MR) is 65.0 cm³/mol. The van der Waals surface area contributed by atoms with E-state index in [2.05, 4.69) is 6.92 Å². The molecule has 1 aromatic carbocycles. The first-order chi connectivity index (χ1) is 7.49. The summed E-state index contributed by atoms with van der Waals surface area (Å²) in [6.07, 6.45) is 0. The molecule has 1 N–H and O–H groups in total. The summed E-state index contributed by atoms with van der Waals surface area (Å²) in [5.41, 5.74) is 1.13. The number of aliphatic carboxylic acids is 1. The number of halogens is 1. The normalized spacial score (nSPS) is 12.8. The molecule has 4 heteroatoms. The number of carboxylic acids is 1. The van der Waals surface area contributed by atoms with E-state index in [1.54, 1.807) is 11.9 Å². The van der Waals surface area contributed by atoms with Crippen LogP contribution in [0.2, 0.25) is 5.02 Å². The van der Waals surface area contributed by atoms with Gasteiger partial charge in [0.05, 0.1) is 6.54 Å². The fourth-order valence-corrected chi connectivity index (χ4v) is 1.88. The molecule has 0 heterocycles. The van der Waals surface area contributed by atoms with Crippen molar-refractivity contribution in [3.05, 3.63) is 34.9 Å². The van der Waals surface area contributed by atoms with E-state index < -0.39 is 5.97 Å². The zero-order chi connectivity index (χ0) is 12.1. The summed E-state index contributed by atoms with van der Waals surface area (Å²) < 4.78 is 0. The van der Waals surface area contributed by atoms with Crippen molar-refractivity contribution in [2.75, 3.05) is 20.1 Å². The highest BCUT2D eigenvalue weighted by Gasteiger charge is 2.11. The zero-order valence-electron chi connectivity index (χ0n) is 9.48.